The number of hydrogen-bond donors (Lipinski definition) is 0. The van der Waals surface area contributed by atoms with Gasteiger partial charge in [0.15, 0.2) is 0 Å². The highest BCUT2D eigenvalue weighted by atomic mass is 35.5. The van der Waals surface area contributed by atoms with Crippen LogP contribution in [0.1, 0.15) is 37.8 Å². The van der Waals surface area contributed by atoms with Gasteiger partial charge in [-0.3, -0.25) is 9.69 Å². The molecule has 0 bridgehead atoms. The highest BCUT2D eigenvalue weighted by Gasteiger charge is 2.28. The smallest absolute Gasteiger partial charge is 0.307 e. The average Bonchev–Trinajstić information content (AvgIpc) is 2.93. The molecule has 20 heavy (non-hydrogen) atoms. The van der Waals surface area contributed by atoms with Crippen LogP contribution in [0.15, 0.2) is 18.2 Å². The van der Waals surface area contributed by atoms with Gasteiger partial charge in [0.25, 0.3) is 0 Å². The first-order chi connectivity index (χ1) is 9.61. The van der Waals surface area contributed by atoms with Gasteiger partial charge in [0.1, 0.15) is 5.82 Å². The third kappa shape index (κ3) is 3.70. The number of carbonyl (C=O) groups is 1. The van der Waals surface area contributed by atoms with E-state index in [2.05, 4.69) is 4.90 Å². The molecular weight excluding hydrogens is 281 g/mol. The van der Waals surface area contributed by atoms with E-state index in [4.69, 9.17) is 16.3 Å². The molecular formula is C15H19ClFNO2. The zero-order chi connectivity index (χ0) is 14.5. The van der Waals surface area contributed by atoms with E-state index in [1.54, 1.807) is 13.0 Å². The minimum absolute atomic E-state index is 0.158. The number of halogens is 2. The van der Waals surface area contributed by atoms with Crippen molar-refractivity contribution in [3.05, 3.63) is 34.6 Å². The minimum Gasteiger partial charge on any atom is -0.466 e. The molecule has 1 aliphatic heterocycles. The summed E-state index contributed by atoms with van der Waals surface area (Å²) in [6.07, 6.45) is 2.30. The maximum absolute atomic E-state index is 14.1. The lowest BCUT2D eigenvalue weighted by atomic mass is 10.0. The summed E-state index contributed by atoms with van der Waals surface area (Å²) in [4.78, 5) is 13.9. The number of ether oxygens (including phenoxy) is 1. The van der Waals surface area contributed by atoms with E-state index in [1.165, 1.54) is 12.1 Å². The summed E-state index contributed by atoms with van der Waals surface area (Å²) in [6, 6.07) is 4.19. The maximum atomic E-state index is 14.1. The van der Waals surface area contributed by atoms with Crippen LogP contribution in [-0.4, -0.2) is 30.6 Å². The molecule has 1 saturated heterocycles. The van der Waals surface area contributed by atoms with Crippen molar-refractivity contribution in [3.63, 3.8) is 0 Å². The van der Waals surface area contributed by atoms with Crippen molar-refractivity contribution < 1.29 is 13.9 Å². The zero-order valence-electron chi connectivity index (χ0n) is 11.6. The van der Waals surface area contributed by atoms with Gasteiger partial charge in [-0.25, -0.2) is 4.39 Å². The van der Waals surface area contributed by atoms with Crippen LogP contribution in [0.25, 0.3) is 0 Å². The highest BCUT2D eigenvalue weighted by Crippen LogP contribution is 2.31. The Morgan fingerprint density at radius 3 is 2.80 bits per heavy atom. The van der Waals surface area contributed by atoms with Crippen LogP contribution in [0.5, 0.6) is 0 Å². The van der Waals surface area contributed by atoms with E-state index in [0.29, 0.717) is 17.2 Å². The Morgan fingerprint density at radius 2 is 2.15 bits per heavy atom. The van der Waals surface area contributed by atoms with Gasteiger partial charge in [0, 0.05) is 16.6 Å². The van der Waals surface area contributed by atoms with E-state index in [-0.39, 0.29) is 24.2 Å². The van der Waals surface area contributed by atoms with Gasteiger partial charge in [0.2, 0.25) is 0 Å². The molecule has 1 aromatic rings. The first-order valence-corrected chi connectivity index (χ1v) is 7.34. The second-order valence-corrected chi connectivity index (χ2v) is 5.37. The molecule has 0 amide bonds. The van der Waals surface area contributed by atoms with Crippen molar-refractivity contribution in [2.75, 3.05) is 19.7 Å². The SMILES string of the molecule is CCOC(=O)CC(c1cc(Cl)ccc1F)N1CCCC1. The van der Waals surface area contributed by atoms with Crippen LogP contribution >= 0.6 is 11.6 Å². The Morgan fingerprint density at radius 1 is 1.45 bits per heavy atom. The van der Waals surface area contributed by atoms with Gasteiger partial charge in [-0.15, -0.1) is 0 Å². The number of rotatable bonds is 5. The number of likely N-dealkylation sites (tertiary alicyclic amines) is 1. The monoisotopic (exact) mass is 299 g/mol. The summed E-state index contributed by atoms with van der Waals surface area (Å²) in [5, 5.41) is 0.481. The van der Waals surface area contributed by atoms with Gasteiger partial charge in [-0.05, 0) is 51.1 Å². The van der Waals surface area contributed by atoms with Gasteiger partial charge in [-0.2, -0.15) is 0 Å². The Balaban J connectivity index is 2.25. The van der Waals surface area contributed by atoms with Crippen molar-refractivity contribution >= 4 is 17.6 Å². The Bertz CT molecular complexity index is 475. The van der Waals surface area contributed by atoms with Crippen LogP contribution in [-0.2, 0) is 9.53 Å². The number of nitrogens with zero attached hydrogens (tertiary/aromatic N) is 1. The quantitative estimate of drug-likeness (QED) is 0.779. The van der Waals surface area contributed by atoms with Gasteiger partial charge >= 0.3 is 5.97 Å². The third-order valence-electron chi connectivity index (χ3n) is 3.56. The highest BCUT2D eigenvalue weighted by molar-refractivity contribution is 6.30. The fourth-order valence-electron chi connectivity index (χ4n) is 2.64. The molecule has 1 unspecified atom stereocenters. The van der Waals surface area contributed by atoms with Crippen LogP contribution in [0.4, 0.5) is 4.39 Å². The first kappa shape index (κ1) is 15.3. The molecule has 0 saturated carbocycles. The summed E-state index contributed by atoms with van der Waals surface area (Å²) in [6.45, 7) is 3.85. The summed E-state index contributed by atoms with van der Waals surface area (Å²) < 4.78 is 19.1. The van der Waals surface area contributed by atoms with Gasteiger partial charge in [-0.1, -0.05) is 11.6 Å². The number of carbonyl (C=O) groups excluding carboxylic acids is 1. The van der Waals surface area contributed by atoms with Crippen molar-refractivity contribution in [2.45, 2.75) is 32.2 Å². The summed E-state index contributed by atoms with van der Waals surface area (Å²) in [5.74, 6) is -0.626. The van der Waals surface area contributed by atoms with E-state index < -0.39 is 0 Å². The Hall–Kier alpha value is -1.13. The maximum Gasteiger partial charge on any atom is 0.307 e. The van der Waals surface area contributed by atoms with Crippen LogP contribution in [0.3, 0.4) is 0 Å². The van der Waals surface area contributed by atoms with Crippen molar-refractivity contribution in [1.82, 2.24) is 4.90 Å². The van der Waals surface area contributed by atoms with Gasteiger partial charge in [0.05, 0.1) is 13.0 Å². The molecule has 110 valence electrons. The number of hydrogen-bond acceptors (Lipinski definition) is 3. The number of benzene rings is 1. The minimum atomic E-state index is -0.324. The molecule has 3 nitrogen and oxygen atoms in total. The van der Waals surface area contributed by atoms with E-state index in [1.807, 2.05) is 0 Å². The average molecular weight is 300 g/mol. The van der Waals surface area contributed by atoms with Crippen LogP contribution in [0, 0.1) is 5.82 Å². The van der Waals surface area contributed by atoms with E-state index in [9.17, 15) is 9.18 Å². The standard InChI is InChI=1S/C15H19ClFNO2/c1-2-20-15(19)10-14(18-7-3-4-8-18)12-9-11(16)5-6-13(12)17/h5-6,9,14H,2-4,7-8,10H2,1H3. The summed E-state index contributed by atoms with van der Waals surface area (Å²) in [7, 11) is 0. The molecule has 0 aliphatic carbocycles. The van der Waals surface area contributed by atoms with Crippen LogP contribution in [0.2, 0.25) is 5.02 Å². The fraction of sp³-hybridized carbons (Fsp3) is 0.533. The molecule has 0 radical (unpaired) electrons. The second kappa shape index (κ2) is 7.04. The molecule has 1 atom stereocenters. The van der Waals surface area contributed by atoms with E-state index >= 15 is 0 Å². The molecule has 1 aliphatic rings. The molecule has 0 aromatic heterocycles. The molecule has 1 aromatic carbocycles. The third-order valence-corrected chi connectivity index (χ3v) is 3.80. The molecule has 0 N–H and O–H groups in total. The fourth-order valence-corrected chi connectivity index (χ4v) is 2.82. The largest absolute Gasteiger partial charge is 0.466 e. The predicted molar refractivity (Wildman–Crippen MR) is 76.2 cm³/mol. The number of esters is 1. The molecule has 0 spiro atoms. The molecule has 5 heteroatoms. The summed E-state index contributed by atoms with van der Waals surface area (Å²) in [5.41, 5.74) is 0.479. The lowest BCUT2D eigenvalue weighted by Gasteiger charge is -2.27. The summed E-state index contributed by atoms with van der Waals surface area (Å²) >= 11 is 5.96. The van der Waals surface area contributed by atoms with Gasteiger partial charge < -0.3 is 4.74 Å². The Kier molecular flexibility index (Phi) is 5.38. The predicted octanol–water partition coefficient (Wildman–Crippen LogP) is 3.57. The van der Waals surface area contributed by atoms with Crippen molar-refractivity contribution in [3.8, 4) is 0 Å². The molecule has 2 rings (SSSR count). The first-order valence-electron chi connectivity index (χ1n) is 6.96. The second-order valence-electron chi connectivity index (χ2n) is 4.93. The lowest BCUT2D eigenvalue weighted by Crippen LogP contribution is -2.29. The van der Waals surface area contributed by atoms with Crippen molar-refractivity contribution in [1.29, 1.82) is 0 Å². The molecule has 1 fully saturated rings. The van der Waals surface area contributed by atoms with Crippen molar-refractivity contribution in [2.24, 2.45) is 0 Å². The normalized spacial score (nSPS) is 17.1. The van der Waals surface area contributed by atoms with Crippen LogP contribution < -0.4 is 0 Å². The topological polar surface area (TPSA) is 29.5 Å². The lowest BCUT2D eigenvalue weighted by molar-refractivity contribution is -0.144. The Labute approximate surface area is 123 Å². The molecule has 1 heterocycles. The van der Waals surface area contributed by atoms with E-state index in [0.717, 1.165) is 25.9 Å². The zero-order valence-corrected chi connectivity index (χ0v) is 12.3.